The van der Waals surface area contributed by atoms with Crippen molar-refractivity contribution in [1.82, 2.24) is 0 Å². The molecule has 1 saturated heterocycles. The summed E-state index contributed by atoms with van der Waals surface area (Å²) in [5, 5.41) is 0. The van der Waals surface area contributed by atoms with Gasteiger partial charge in [0.15, 0.2) is 12.6 Å². The van der Waals surface area contributed by atoms with E-state index in [0.29, 0.717) is 12.8 Å². The van der Waals surface area contributed by atoms with Crippen LogP contribution in [0.3, 0.4) is 0 Å². The molecule has 1 aromatic carbocycles. The van der Waals surface area contributed by atoms with Gasteiger partial charge in [0, 0.05) is 12.0 Å². The monoisotopic (exact) mass is 274 g/mol. The molecule has 1 aliphatic rings. The van der Waals surface area contributed by atoms with Gasteiger partial charge in [0.05, 0.1) is 5.60 Å². The zero-order chi connectivity index (χ0) is 14.6. The van der Waals surface area contributed by atoms with Crippen molar-refractivity contribution in [1.29, 1.82) is 0 Å². The Morgan fingerprint density at radius 1 is 1.20 bits per heavy atom. The maximum absolute atomic E-state index is 11.6. The van der Waals surface area contributed by atoms with Crippen LogP contribution in [0.2, 0.25) is 0 Å². The van der Waals surface area contributed by atoms with E-state index in [4.69, 9.17) is 9.47 Å². The van der Waals surface area contributed by atoms with E-state index in [1.807, 2.05) is 44.2 Å². The highest BCUT2D eigenvalue weighted by Gasteiger charge is 2.47. The van der Waals surface area contributed by atoms with Crippen LogP contribution in [0.5, 0.6) is 0 Å². The summed E-state index contributed by atoms with van der Waals surface area (Å²) in [6, 6.07) is 9.72. The van der Waals surface area contributed by atoms with Gasteiger partial charge in [0.25, 0.3) is 0 Å². The second-order valence-corrected chi connectivity index (χ2v) is 5.31. The van der Waals surface area contributed by atoms with E-state index in [1.54, 1.807) is 6.08 Å². The number of carbonyl (C=O) groups excluding carboxylic acids is 1. The van der Waals surface area contributed by atoms with Gasteiger partial charge < -0.3 is 14.3 Å². The number of aldehydes is 1. The first-order valence-electron chi connectivity index (χ1n) is 7.13. The van der Waals surface area contributed by atoms with Gasteiger partial charge in [-0.2, -0.15) is 0 Å². The molecule has 108 valence electrons. The van der Waals surface area contributed by atoms with Crippen molar-refractivity contribution in [2.75, 3.05) is 0 Å². The van der Waals surface area contributed by atoms with Crippen LogP contribution in [-0.4, -0.2) is 17.5 Å². The van der Waals surface area contributed by atoms with Crippen LogP contribution in [0.4, 0.5) is 0 Å². The van der Waals surface area contributed by atoms with Crippen molar-refractivity contribution >= 4 is 6.29 Å². The third-order valence-electron chi connectivity index (χ3n) is 4.14. The van der Waals surface area contributed by atoms with Crippen LogP contribution in [-0.2, 0) is 14.3 Å². The molecule has 3 heteroatoms. The van der Waals surface area contributed by atoms with Gasteiger partial charge in [-0.3, -0.25) is 0 Å². The molecule has 1 heterocycles. The van der Waals surface area contributed by atoms with Gasteiger partial charge in [0.2, 0.25) is 0 Å². The molecule has 0 amide bonds. The number of hydrogen-bond acceptors (Lipinski definition) is 3. The Morgan fingerprint density at radius 3 is 2.30 bits per heavy atom. The van der Waals surface area contributed by atoms with Crippen molar-refractivity contribution in [3.05, 3.63) is 48.6 Å². The van der Waals surface area contributed by atoms with Crippen molar-refractivity contribution in [3.8, 4) is 0 Å². The van der Waals surface area contributed by atoms with E-state index < -0.39 is 17.5 Å². The smallest absolute Gasteiger partial charge is 0.186 e. The SMILES string of the molecule is C=C[C@]1(CC)C[C@@](C=O)(CC)O[C@H](c2ccccc2)O1. The Hall–Kier alpha value is -1.45. The molecular weight excluding hydrogens is 252 g/mol. The summed E-state index contributed by atoms with van der Waals surface area (Å²) in [5.41, 5.74) is -0.398. The Morgan fingerprint density at radius 2 is 1.80 bits per heavy atom. The molecule has 0 aromatic heterocycles. The lowest BCUT2D eigenvalue weighted by Gasteiger charge is -2.47. The number of ether oxygens (including phenoxy) is 2. The van der Waals surface area contributed by atoms with Crippen LogP contribution in [0, 0.1) is 0 Å². The van der Waals surface area contributed by atoms with Crippen LogP contribution in [0.25, 0.3) is 0 Å². The predicted octanol–water partition coefficient (Wildman–Crippen LogP) is 3.80. The van der Waals surface area contributed by atoms with E-state index in [2.05, 4.69) is 6.58 Å². The van der Waals surface area contributed by atoms with Crippen molar-refractivity contribution in [2.45, 2.75) is 50.6 Å². The molecule has 0 N–H and O–H groups in total. The zero-order valence-electron chi connectivity index (χ0n) is 12.2. The van der Waals surface area contributed by atoms with E-state index in [0.717, 1.165) is 18.3 Å². The fourth-order valence-electron chi connectivity index (χ4n) is 2.62. The molecule has 0 aliphatic carbocycles. The van der Waals surface area contributed by atoms with Gasteiger partial charge in [-0.1, -0.05) is 50.3 Å². The Kier molecular flexibility index (Phi) is 4.41. The summed E-state index contributed by atoms with van der Waals surface area (Å²) >= 11 is 0. The molecule has 3 nitrogen and oxygen atoms in total. The van der Waals surface area contributed by atoms with Crippen molar-refractivity contribution in [3.63, 3.8) is 0 Å². The number of carbonyl (C=O) groups is 1. The second-order valence-electron chi connectivity index (χ2n) is 5.31. The summed E-state index contributed by atoms with van der Waals surface area (Å²) in [5.74, 6) is 0. The molecule has 1 fully saturated rings. The van der Waals surface area contributed by atoms with Gasteiger partial charge >= 0.3 is 0 Å². The number of rotatable bonds is 5. The summed E-state index contributed by atoms with van der Waals surface area (Å²) < 4.78 is 12.1. The maximum Gasteiger partial charge on any atom is 0.186 e. The minimum atomic E-state index is -0.803. The normalized spacial score (nSPS) is 33.6. The Labute approximate surface area is 120 Å². The Balaban J connectivity index is 2.39. The summed E-state index contributed by atoms with van der Waals surface area (Å²) in [4.78, 5) is 11.6. The lowest BCUT2D eigenvalue weighted by atomic mass is 9.82. The van der Waals surface area contributed by atoms with Crippen LogP contribution in [0.1, 0.15) is 45.0 Å². The average molecular weight is 274 g/mol. The van der Waals surface area contributed by atoms with Crippen LogP contribution >= 0.6 is 0 Å². The minimum Gasteiger partial charge on any atom is -0.338 e. The highest BCUT2D eigenvalue weighted by molar-refractivity contribution is 5.63. The van der Waals surface area contributed by atoms with E-state index in [9.17, 15) is 4.79 Å². The molecule has 3 atom stereocenters. The number of hydrogen-bond donors (Lipinski definition) is 0. The largest absolute Gasteiger partial charge is 0.338 e. The molecule has 0 saturated carbocycles. The van der Waals surface area contributed by atoms with E-state index in [1.165, 1.54) is 0 Å². The minimum absolute atomic E-state index is 0.517. The van der Waals surface area contributed by atoms with Crippen molar-refractivity contribution < 1.29 is 14.3 Å². The Bertz CT molecular complexity index is 446. The van der Waals surface area contributed by atoms with Gasteiger partial charge in [-0.25, -0.2) is 0 Å². The molecule has 20 heavy (non-hydrogen) atoms. The summed E-state index contributed by atoms with van der Waals surface area (Å²) in [6.07, 6.45) is 4.09. The maximum atomic E-state index is 11.6. The quantitative estimate of drug-likeness (QED) is 0.605. The second kappa shape index (κ2) is 5.90. The lowest BCUT2D eigenvalue weighted by molar-refractivity contribution is -0.298. The first-order chi connectivity index (χ1) is 9.62. The highest BCUT2D eigenvalue weighted by atomic mass is 16.7. The average Bonchev–Trinajstić information content (AvgIpc) is 2.55. The molecule has 1 aliphatic heterocycles. The first-order valence-corrected chi connectivity index (χ1v) is 7.13. The number of benzene rings is 1. The van der Waals surface area contributed by atoms with E-state index in [-0.39, 0.29) is 0 Å². The first kappa shape index (κ1) is 14.9. The van der Waals surface area contributed by atoms with Gasteiger partial charge in [-0.05, 0) is 12.8 Å². The van der Waals surface area contributed by atoms with Gasteiger partial charge in [0.1, 0.15) is 5.60 Å². The molecule has 1 aromatic rings. The zero-order valence-corrected chi connectivity index (χ0v) is 12.2. The van der Waals surface area contributed by atoms with E-state index >= 15 is 0 Å². The fraction of sp³-hybridized carbons (Fsp3) is 0.471. The lowest BCUT2D eigenvalue weighted by Crippen LogP contribution is -2.51. The summed E-state index contributed by atoms with van der Waals surface area (Å²) in [7, 11) is 0. The molecule has 0 spiro atoms. The van der Waals surface area contributed by atoms with Crippen molar-refractivity contribution in [2.24, 2.45) is 0 Å². The topological polar surface area (TPSA) is 35.5 Å². The fourth-order valence-corrected chi connectivity index (χ4v) is 2.62. The molecule has 0 radical (unpaired) electrons. The van der Waals surface area contributed by atoms with Gasteiger partial charge in [-0.15, -0.1) is 6.58 Å². The van der Waals surface area contributed by atoms with Crippen LogP contribution < -0.4 is 0 Å². The predicted molar refractivity (Wildman–Crippen MR) is 78.3 cm³/mol. The molecule has 0 bridgehead atoms. The third-order valence-corrected chi connectivity index (χ3v) is 4.14. The third kappa shape index (κ3) is 2.69. The molecule has 0 unspecified atom stereocenters. The standard InChI is InChI=1S/C17H22O3/c1-4-16(5-2)12-17(6-3,13-18)20-15(19-16)14-10-8-7-9-11-14/h4,7-11,13,15H,1,5-6,12H2,2-3H3/t15-,16+,17-/m1/s1. The molecular formula is C17H22O3. The molecule has 2 rings (SSSR count). The summed E-state index contributed by atoms with van der Waals surface area (Å²) in [6.45, 7) is 7.90. The van der Waals surface area contributed by atoms with Crippen LogP contribution in [0.15, 0.2) is 43.0 Å². The highest BCUT2D eigenvalue weighted by Crippen LogP contribution is 2.44.